The lowest BCUT2D eigenvalue weighted by molar-refractivity contribution is 0.104. The van der Waals surface area contributed by atoms with Gasteiger partial charge in [-0.05, 0) is 22.0 Å². The van der Waals surface area contributed by atoms with Crippen molar-refractivity contribution < 1.29 is 9.53 Å². The fourth-order valence-electron chi connectivity index (χ4n) is 1.12. The van der Waals surface area contributed by atoms with Gasteiger partial charge in [-0.1, -0.05) is 11.6 Å². The van der Waals surface area contributed by atoms with Crippen LogP contribution in [0, 0.1) is 0 Å². The van der Waals surface area contributed by atoms with Gasteiger partial charge in [-0.15, -0.1) is 22.7 Å². The highest BCUT2D eigenvalue weighted by Crippen LogP contribution is 2.34. The van der Waals surface area contributed by atoms with Gasteiger partial charge in [-0.2, -0.15) is 0 Å². The van der Waals surface area contributed by atoms with Gasteiger partial charge in [0, 0.05) is 15.9 Å². The highest BCUT2D eigenvalue weighted by Gasteiger charge is 2.16. The number of rotatable bonds is 3. The average Bonchev–Trinajstić information content (AvgIpc) is 2.86. The van der Waals surface area contributed by atoms with E-state index in [1.165, 1.54) is 22.7 Å². The molecule has 0 aromatic carbocycles. The van der Waals surface area contributed by atoms with Crippen LogP contribution >= 0.6 is 50.2 Å². The maximum absolute atomic E-state index is 12.0. The van der Waals surface area contributed by atoms with Crippen LogP contribution in [0.4, 0.5) is 0 Å². The molecule has 2 heterocycles. The van der Waals surface area contributed by atoms with E-state index < -0.39 is 0 Å². The van der Waals surface area contributed by atoms with Gasteiger partial charge in [-0.3, -0.25) is 4.79 Å². The second-order valence-corrected chi connectivity index (χ2v) is 6.33. The molecule has 2 aromatic heterocycles. The molecule has 0 bridgehead atoms. The van der Waals surface area contributed by atoms with Crippen LogP contribution in [0.2, 0.25) is 4.34 Å². The van der Waals surface area contributed by atoms with Crippen LogP contribution < -0.4 is 4.74 Å². The molecule has 0 unspecified atom stereocenters. The predicted molar refractivity (Wildman–Crippen MR) is 71.3 cm³/mol. The van der Waals surface area contributed by atoms with Gasteiger partial charge in [-0.25, -0.2) is 0 Å². The minimum Gasteiger partial charge on any atom is -0.496 e. The second-order valence-electron chi connectivity index (χ2n) is 2.91. The van der Waals surface area contributed by atoms with Crippen molar-refractivity contribution in [1.29, 1.82) is 0 Å². The first-order valence-corrected chi connectivity index (χ1v) is 7.10. The summed E-state index contributed by atoms with van der Waals surface area (Å²) >= 11 is 11.8. The SMILES string of the molecule is COc1csc(C(=O)c2cc(Br)c(Cl)s2)c1. The van der Waals surface area contributed by atoms with Crippen molar-refractivity contribution in [2.24, 2.45) is 0 Å². The normalized spacial score (nSPS) is 10.4. The minimum atomic E-state index is -0.0223. The van der Waals surface area contributed by atoms with E-state index in [1.54, 1.807) is 24.6 Å². The van der Waals surface area contributed by atoms with Crippen molar-refractivity contribution in [2.75, 3.05) is 7.11 Å². The van der Waals surface area contributed by atoms with Crippen LogP contribution in [0.3, 0.4) is 0 Å². The zero-order valence-electron chi connectivity index (χ0n) is 8.12. The average molecular weight is 338 g/mol. The Kier molecular flexibility index (Phi) is 3.69. The number of methoxy groups -OCH3 is 1. The van der Waals surface area contributed by atoms with E-state index in [9.17, 15) is 4.79 Å². The lowest BCUT2D eigenvalue weighted by atomic mass is 10.3. The molecule has 16 heavy (non-hydrogen) atoms. The summed E-state index contributed by atoms with van der Waals surface area (Å²) in [5.41, 5.74) is 0. The van der Waals surface area contributed by atoms with Crippen LogP contribution in [-0.4, -0.2) is 12.9 Å². The summed E-state index contributed by atoms with van der Waals surface area (Å²) in [4.78, 5) is 13.3. The first-order valence-electron chi connectivity index (χ1n) is 4.24. The van der Waals surface area contributed by atoms with Crippen molar-refractivity contribution in [3.05, 3.63) is 36.1 Å². The van der Waals surface area contributed by atoms with Crippen LogP contribution in [0.25, 0.3) is 0 Å². The molecule has 2 rings (SSSR count). The monoisotopic (exact) mass is 336 g/mol. The maximum atomic E-state index is 12.0. The molecule has 0 amide bonds. The summed E-state index contributed by atoms with van der Waals surface area (Å²) in [6.45, 7) is 0. The molecular weight excluding hydrogens is 332 g/mol. The molecule has 0 atom stereocenters. The van der Waals surface area contributed by atoms with Gasteiger partial charge in [0.15, 0.2) is 0 Å². The fourth-order valence-corrected chi connectivity index (χ4v) is 3.65. The number of ether oxygens (including phenoxy) is 1. The molecule has 0 aliphatic heterocycles. The zero-order chi connectivity index (χ0) is 11.7. The number of ketones is 1. The third-order valence-electron chi connectivity index (χ3n) is 1.90. The Labute approximate surface area is 114 Å². The standard InChI is InChI=1S/C10H6BrClO2S2/c1-14-5-2-7(15-4-5)9(13)8-3-6(11)10(12)16-8/h2-4H,1H3. The molecule has 2 nitrogen and oxygen atoms in total. The van der Waals surface area contributed by atoms with Gasteiger partial charge in [0.05, 0.1) is 16.9 Å². The third-order valence-corrected chi connectivity index (χ3v) is 5.28. The van der Waals surface area contributed by atoms with Crippen LogP contribution in [0.5, 0.6) is 5.75 Å². The van der Waals surface area contributed by atoms with Gasteiger partial charge in [0.25, 0.3) is 0 Å². The first kappa shape index (κ1) is 12.1. The lowest BCUT2D eigenvalue weighted by Gasteiger charge is -1.92. The van der Waals surface area contributed by atoms with E-state index in [0.29, 0.717) is 19.8 Å². The van der Waals surface area contributed by atoms with Gasteiger partial charge in [0.2, 0.25) is 5.78 Å². The summed E-state index contributed by atoms with van der Waals surface area (Å²) in [6, 6.07) is 3.47. The molecule has 0 aliphatic carbocycles. The molecule has 84 valence electrons. The fraction of sp³-hybridized carbons (Fsp3) is 0.100. The van der Waals surface area contributed by atoms with Crippen LogP contribution in [0.1, 0.15) is 14.5 Å². The molecule has 0 radical (unpaired) electrons. The summed E-state index contributed by atoms with van der Waals surface area (Å²) in [5.74, 6) is 0.681. The molecule has 0 saturated heterocycles. The molecule has 0 aliphatic rings. The Morgan fingerprint density at radius 2 is 2.19 bits per heavy atom. The quantitative estimate of drug-likeness (QED) is 0.773. The third kappa shape index (κ3) is 2.32. The van der Waals surface area contributed by atoms with Gasteiger partial charge in [0.1, 0.15) is 10.1 Å². The Morgan fingerprint density at radius 3 is 2.69 bits per heavy atom. The van der Waals surface area contributed by atoms with Gasteiger partial charge < -0.3 is 4.74 Å². The number of thiophene rings is 2. The Hall–Kier alpha value is -0.360. The van der Waals surface area contributed by atoms with Gasteiger partial charge >= 0.3 is 0 Å². The largest absolute Gasteiger partial charge is 0.496 e. The van der Waals surface area contributed by atoms with Crippen molar-refractivity contribution in [3.63, 3.8) is 0 Å². The second kappa shape index (κ2) is 4.87. The molecule has 6 heteroatoms. The number of carbonyl (C=O) groups is 1. The Bertz CT molecular complexity index is 513. The molecule has 0 fully saturated rings. The summed E-state index contributed by atoms with van der Waals surface area (Å²) in [5, 5.41) is 1.80. The van der Waals surface area contributed by atoms with E-state index in [1.807, 2.05) is 0 Å². The van der Waals surface area contributed by atoms with Crippen molar-refractivity contribution in [1.82, 2.24) is 0 Å². The maximum Gasteiger partial charge on any atom is 0.213 e. The number of hydrogen-bond donors (Lipinski definition) is 0. The Balaban J connectivity index is 2.31. The highest BCUT2D eigenvalue weighted by molar-refractivity contribution is 9.10. The molecule has 0 N–H and O–H groups in total. The van der Waals surface area contributed by atoms with Crippen LogP contribution in [0.15, 0.2) is 22.0 Å². The van der Waals surface area contributed by atoms with E-state index >= 15 is 0 Å². The number of hydrogen-bond acceptors (Lipinski definition) is 4. The predicted octanol–water partition coefficient (Wildman–Crippen LogP) is 4.47. The zero-order valence-corrected chi connectivity index (χ0v) is 12.1. The highest BCUT2D eigenvalue weighted by atomic mass is 79.9. The Morgan fingerprint density at radius 1 is 1.44 bits per heavy atom. The van der Waals surface area contributed by atoms with Crippen molar-refractivity contribution in [3.8, 4) is 5.75 Å². The summed E-state index contributed by atoms with van der Waals surface area (Å²) < 4.78 is 6.38. The van der Waals surface area contributed by atoms with E-state index in [-0.39, 0.29) is 5.78 Å². The molecule has 0 saturated carbocycles. The number of carbonyl (C=O) groups excluding carboxylic acids is 1. The lowest BCUT2D eigenvalue weighted by Crippen LogP contribution is -1.94. The number of halogens is 2. The summed E-state index contributed by atoms with van der Waals surface area (Å²) in [7, 11) is 1.58. The molecular formula is C10H6BrClO2S2. The summed E-state index contributed by atoms with van der Waals surface area (Å²) in [6.07, 6.45) is 0. The van der Waals surface area contributed by atoms with E-state index in [0.717, 1.165) is 4.47 Å². The molecule has 2 aromatic rings. The van der Waals surface area contributed by atoms with Crippen molar-refractivity contribution >= 4 is 56.0 Å². The molecule has 0 spiro atoms. The smallest absolute Gasteiger partial charge is 0.213 e. The van der Waals surface area contributed by atoms with E-state index in [4.69, 9.17) is 16.3 Å². The van der Waals surface area contributed by atoms with Crippen LogP contribution in [-0.2, 0) is 0 Å². The van der Waals surface area contributed by atoms with E-state index in [2.05, 4.69) is 15.9 Å². The van der Waals surface area contributed by atoms with Crippen molar-refractivity contribution in [2.45, 2.75) is 0 Å². The minimum absolute atomic E-state index is 0.0223. The first-order chi connectivity index (χ1) is 7.61. The topological polar surface area (TPSA) is 26.3 Å².